The number of aromatic nitrogens is 2. The van der Waals surface area contributed by atoms with Crippen LogP contribution in [-0.4, -0.2) is 14.7 Å². The van der Waals surface area contributed by atoms with Crippen molar-refractivity contribution in [2.45, 2.75) is 19.6 Å². The van der Waals surface area contributed by atoms with E-state index in [1.165, 1.54) is 0 Å². The summed E-state index contributed by atoms with van der Waals surface area (Å²) in [5.74, 6) is 0. The third-order valence-corrected chi connectivity index (χ3v) is 2.61. The van der Waals surface area contributed by atoms with Crippen molar-refractivity contribution in [3.8, 4) is 6.07 Å². The Morgan fingerprint density at radius 2 is 2.12 bits per heavy atom. The smallest absolute Gasteiger partial charge is 0.0991 e. The summed E-state index contributed by atoms with van der Waals surface area (Å²) in [4.78, 5) is 4.02. The van der Waals surface area contributed by atoms with E-state index in [9.17, 15) is 5.11 Å². The maximum absolute atomic E-state index is 9.55. The fourth-order valence-electron chi connectivity index (χ4n) is 1.69. The van der Waals surface area contributed by atoms with Gasteiger partial charge in [0.2, 0.25) is 0 Å². The third kappa shape index (κ3) is 2.52. The topological polar surface area (TPSA) is 61.8 Å². The van der Waals surface area contributed by atoms with E-state index in [-0.39, 0.29) is 0 Å². The number of nitrogens with zero attached hydrogens (tertiary/aromatic N) is 3. The van der Waals surface area contributed by atoms with Crippen molar-refractivity contribution < 1.29 is 5.11 Å². The highest BCUT2D eigenvalue weighted by Crippen LogP contribution is 2.13. The van der Waals surface area contributed by atoms with Crippen LogP contribution < -0.4 is 0 Å². The molecule has 1 N–H and O–H groups in total. The van der Waals surface area contributed by atoms with Crippen LogP contribution in [0.4, 0.5) is 0 Å². The van der Waals surface area contributed by atoms with Crippen LogP contribution in [0.3, 0.4) is 0 Å². The summed E-state index contributed by atoms with van der Waals surface area (Å²) in [6, 6.07) is 9.47. The molecule has 1 unspecified atom stereocenters. The van der Waals surface area contributed by atoms with Gasteiger partial charge in [0, 0.05) is 6.54 Å². The first kappa shape index (κ1) is 11.4. The quantitative estimate of drug-likeness (QED) is 0.870. The lowest BCUT2D eigenvalue weighted by Gasteiger charge is -2.10. The monoisotopic (exact) mass is 227 g/mol. The number of imidazole rings is 1. The van der Waals surface area contributed by atoms with Gasteiger partial charge in [0.1, 0.15) is 0 Å². The molecule has 0 amide bonds. The Labute approximate surface area is 99.8 Å². The third-order valence-electron chi connectivity index (χ3n) is 2.61. The molecule has 0 saturated carbocycles. The second kappa shape index (κ2) is 4.81. The number of nitriles is 1. The summed E-state index contributed by atoms with van der Waals surface area (Å²) in [6.45, 7) is 2.36. The van der Waals surface area contributed by atoms with Gasteiger partial charge in [-0.2, -0.15) is 5.26 Å². The predicted molar refractivity (Wildman–Crippen MR) is 63.1 cm³/mol. The van der Waals surface area contributed by atoms with Gasteiger partial charge in [-0.3, -0.25) is 0 Å². The molecule has 1 heterocycles. The molecule has 2 aromatic rings. The SMILES string of the molecule is CC(O)c1cncn1Cc1ccc(C#N)cc1. The fourth-order valence-corrected chi connectivity index (χ4v) is 1.69. The first-order valence-electron chi connectivity index (χ1n) is 5.38. The minimum Gasteiger partial charge on any atom is -0.387 e. The maximum Gasteiger partial charge on any atom is 0.0991 e. The lowest BCUT2D eigenvalue weighted by Crippen LogP contribution is -2.05. The lowest BCUT2D eigenvalue weighted by atomic mass is 10.1. The van der Waals surface area contributed by atoms with Gasteiger partial charge in [-0.15, -0.1) is 0 Å². The Bertz CT molecular complexity index is 535. The van der Waals surface area contributed by atoms with Crippen LogP contribution in [0, 0.1) is 11.3 Å². The Hall–Kier alpha value is -2.12. The molecular formula is C13H13N3O. The number of benzene rings is 1. The number of aliphatic hydroxyl groups is 1. The second-order valence-corrected chi connectivity index (χ2v) is 3.93. The zero-order valence-corrected chi connectivity index (χ0v) is 9.54. The van der Waals surface area contributed by atoms with Crippen LogP contribution in [0.1, 0.15) is 29.8 Å². The van der Waals surface area contributed by atoms with Crippen molar-refractivity contribution in [2.75, 3.05) is 0 Å². The van der Waals surface area contributed by atoms with Gasteiger partial charge in [0.05, 0.1) is 36.0 Å². The van der Waals surface area contributed by atoms with Crippen molar-refractivity contribution in [1.29, 1.82) is 5.26 Å². The van der Waals surface area contributed by atoms with Crippen molar-refractivity contribution in [3.05, 3.63) is 53.6 Å². The molecule has 0 aliphatic heterocycles. The number of aliphatic hydroxyl groups excluding tert-OH is 1. The van der Waals surface area contributed by atoms with Crippen LogP contribution in [0.25, 0.3) is 0 Å². The molecule has 86 valence electrons. The van der Waals surface area contributed by atoms with Gasteiger partial charge in [0.15, 0.2) is 0 Å². The highest BCUT2D eigenvalue weighted by molar-refractivity contribution is 5.31. The van der Waals surface area contributed by atoms with Crippen molar-refractivity contribution >= 4 is 0 Å². The van der Waals surface area contributed by atoms with Gasteiger partial charge in [-0.05, 0) is 24.6 Å². The first-order valence-corrected chi connectivity index (χ1v) is 5.38. The van der Waals surface area contributed by atoms with E-state index >= 15 is 0 Å². The van der Waals surface area contributed by atoms with Gasteiger partial charge in [0.25, 0.3) is 0 Å². The van der Waals surface area contributed by atoms with Crippen LogP contribution in [-0.2, 0) is 6.54 Å². The Balaban J connectivity index is 2.20. The Morgan fingerprint density at radius 1 is 1.41 bits per heavy atom. The summed E-state index contributed by atoms with van der Waals surface area (Å²) in [7, 11) is 0. The van der Waals surface area contributed by atoms with E-state index in [1.807, 2.05) is 16.7 Å². The van der Waals surface area contributed by atoms with Crippen LogP contribution in [0.15, 0.2) is 36.8 Å². The molecule has 0 saturated heterocycles. The summed E-state index contributed by atoms with van der Waals surface area (Å²) in [5, 5.41) is 18.3. The number of rotatable bonds is 3. The maximum atomic E-state index is 9.55. The summed E-state index contributed by atoms with van der Waals surface area (Å²) in [6.07, 6.45) is 2.82. The van der Waals surface area contributed by atoms with Gasteiger partial charge >= 0.3 is 0 Å². The van der Waals surface area contributed by atoms with Gasteiger partial charge < -0.3 is 9.67 Å². The number of hydrogen-bond donors (Lipinski definition) is 1. The van der Waals surface area contributed by atoms with Crippen molar-refractivity contribution in [3.63, 3.8) is 0 Å². The first-order chi connectivity index (χ1) is 8.20. The summed E-state index contributed by atoms with van der Waals surface area (Å²) in [5.41, 5.74) is 2.51. The molecule has 1 atom stereocenters. The minimum atomic E-state index is -0.532. The molecule has 0 spiro atoms. The molecule has 0 bridgehead atoms. The molecule has 4 heteroatoms. The second-order valence-electron chi connectivity index (χ2n) is 3.93. The van der Waals surface area contributed by atoms with Gasteiger partial charge in [-0.1, -0.05) is 12.1 Å². The molecule has 0 aliphatic carbocycles. The van der Waals surface area contributed by atoms with Crippen LogP contribution >= 0.6 is 0 Å². The normalized spacial score (nSPS) is 12.1. The minimum absolute atomic E-state index is 0.532. The van der Waals surface area contributed by atoms with E-state index in [1.54, 1.807) is 31.6 Å². The lowest BCUT2D eigenvalue weighted by molar-refractivity contribution is 0.189. The molecule has 0 radical (unpaired) electrons. The summed E-state index contributed by atoms with van der Waals surface area (Å²) < 4.78 is 1.89. The van der Waals surface area contributed by atoms with Crippen LogP contribution in [0.5, 0.6) is 0 Å². The van der Waals surface area contributed by atoms with E-state index in [2.05, 4.69) is 11.1 Å². The van der Waals surface area contributed by atoms with Gasteiger partial charge in [-0.25, -0.2) is 4.98 Å². The molecule has 4 nitrogen and oxygen atoms in total. The fraction of sp³-hybridized carbons (Fsp3) is 0.231. The molecule has 0 aliphatic rings. The van der Waals surface area contributed by atoms with Crippen molar-refractivity contribution in [2.24, 2.45) is 0 Å². The molecule has 17 heavy (non-hydrogen) atoms. The van der Waals surface area contributed by atoms with E-state index in [4.69, 9.17) is 5.26 Å². The van der Waals surface area contributed by atoms with E-state index in [0.29, 0.717) is 12.1 Å². The van der Waals surface area contributed by atoms with E-state index < -0.39 is 6.10 Å². The zero-order chi connectivity index (χ0) is 12.3. The predicted octanol–water partition coefficient (Wildman–Crippen LogP) is 1.86. The average molecular weight is 227 g/mol. The Kier molecular flexibility index (Phi) is 3.22. The molecule has 0 fully saturated rings. The molecule has 2 rings (SSSR count). The Morgan fingerprint density at radius 3 is 2.71 bits per heavy atom. The number of hydrogen-bond acceptors (Lipinski definition) is 3. The highest BCUT2D eigenvalue weighted by Gasteiger charge is 2.07. The molecule has 1 aromatic carbocycles. The summed E-state index contributed by atoms with van der Waals surface area (Å²) >= 11 is 0. The van der Waals surface area contributed by atoms with E-state index in [0.717, 1.165) is 11.3 Å². The highest BCUT2D eigenvalue weighted by atomic mass is 16.3. The molecular weight excluding hydrogens is 214 g/mol. The van der Waals surface area contributed by atoms with Crippen molar-refractivity contribution in [1.82, 2.24) is 9.55 Å². The largest absolute Gasteiger partial charge is 0.387 e. The average Bonchev–Trinajstić information content (AvgIpc) is 2.78. The van der Waals surface area contributed by atoms with Crippen LogP contribution in [0.2, 0.25) is 0 Å². The standard InChI is InChI=1S/C13H13N3O/c1-10(17)13-7-15-9-16(13)8-12-4-2-11(6-14)3-5-12/h2-5,7,9-10,17H,8H2,1H3. The molecule has 1 aromatic heterocycles. The zero-order valence-electron chi connectivity index (χ0n) is 9.54.